The van der Waals surface area contributed by atoms with Crippen LogP contribution in [0.25, 0.3) is 0 Å². The van der Waals surface area contributed by atoms with E-state index in [1.807, 2.05) is 4.90 Å². The molecule has 0 unspecified atom stereocenters. The van der Waals surface area contributed by atoms with E-state index in [-0.39, 0.29) is 5.91 Å². The molecule has 2 N–H and O–H groups in total. The molecule has 0 aliphatic carbocycles. The van der Waals surface area contributed by atoms with Gasteiger partial charge in [0.05, 0.1) is 12.0 Å². The van der Waals surface area contributed by atoms with Crippen LogP contribution in [-0.4, -0.2) is 47.7 Å². The minimum atomic E-state index is -0.759. The Bertz CT molecular complexity index is 279. The number of hydrogen-bond donors (Lipinski definition) is 2. The molecule has 2 aliphatic rings. The maximum Gasteiger partial charge on any atom is 0.225 e. The molecule has 0 bridgehead atoms. The number of carbonyl (C=O) groups is 1. The molecule has 98 valence electrons. The SMILES string of the molecule is CC(C)C1CN(C(=O)CC2(O)CCNCC2)C1. The van der Waals surface area contributed by atoms with E-state index in [2.05, 4.69) is 19.2 Å². The Hall–Kier alpha value is -0.610. The van der Waals surface area contributed by atoms with Gasteiger partial charge in [0.2, 0.25) is 5.91 Å². The Morgan fingerprint density at radius 3 is 2.53 bits per heavy atom. The lowest BCUT2D eigenvalue weighted by molar-refractivity contribution is -0.144. The fourth-order valence-electron chi connectivity index (χ4n) is 2.60. The Morgan fingerprint density at radius 1 is 1.41 bits per heavy atom. The number of amides is 1. The highest BCUT2D eigenvalue weighted by Gasteiger charge is 2.37. The minimum Gasteiger partial charge on any atom is -0.389 e. The van der Waals surface area contributed by atoms with Crippen LogP contribution < -0.4 is 5.32 Å². The van der Waals surface area contributed by atoms with E-state index in [1.54, 1.807) is 0 Å². The molecule has 1 amide bonds. The second-order valence-electron chi connectivity index (χ2n) is 5.95. The van der Waals surface area contributed by atoms with E-state index in [0.29, 0.717) is 31.1 Å². The summed E-state index contributed by atoms with van der Waals surface area (Å²) in [7, 11) is 0. The van der Waals surface area contributed by atoms with Gasteiger partial charge >= 0.3 is 0 Å². The van der Waals surface area contributed by atoms with Crippen molar-refractivity contribution in [2.24, 2.45) is 11.8 Å². The standard InChI is InChI=1S/C13H24N2O2/c1-10(2)11-8-15(9-11)12(16)7-13(17)3-5-14-6-4-13/h10-11,14,17H,3-9H2,1-2H3. The first-order valence-corrected chi connectivity index (χ1v) is 6.71. The van der Waals surface area contributed by atoms with Gasteiger partial charge in [-0.1, -0.05) is 13.8 Å². The van der Waals surface area contributed by atoms with Crippen LogP contribution in [0.3, 0.4) is 0 Å². The molecular weight excluding hydrogens is 216 g/mol. The largest absolute Gasteiger partial charge is 0.389 e. The molecule has 2 rings (SSSR count). The maximum atomic E-state index is 12.0. The Balaban J connectivity index is 1.78. The van der Waals surface area contributed by atoms with Crippen molar-refractivity contribution in [3.05, 3.63) is 0 Å². The average Bonchev–Trinajstić information content (AvgIpc) is 2.14. The zero-order valence-corrected chi connectivity index (χ0v) is 10.9. The summed E-state index contributed by atoms with van der Waals surface area (Å²) in [5, 5.41) is 13.5. The summed E-state index contributed by atoms with van der Waals surface area (Å²) in [6, 6.07) is 0. The molecule has 0 spiro atoms. The van der Waals surface area contributed by atoms with Crippen LogP contribution in [0, 0.1) is 11.8 Å². The Kier molecular flexibility index (Phi) is 3.73. The van der Waals surface area contributed by atoms with Gasteiger partial charge in [-0.25, -0.2) is 0 Å². The molecule has 0 aromatic rings. The van der Waals surface area contributed by atoms with E-state index in [1.165, 1.54) is 0 Å². The van der Waals surface area contributed by atoms with Gasteiger partial charge in [0, 0.05) is 13.1 Å². The van der Waals surface area contributed by atoms with Gasteiger partial charge in [0.1, 0.15) is 0 Å². The molecule has 0 radical (unpaired) electrons. The van der Waals surface area contributed by atoms with Crippen molar-refractivity contribution in [3.8, 4) is 0 Å². The Morgan fingerprint density at radius 2 is 2.00 bits per heavy atom. The zero-order valence-electron chi connectivity index (χ0n) is 10.9. The second kappa shape index (κ2) is 4.94. The minimum absolute atomic E-state index is 0.131. The average molecular weight is 240 g/mol. The lowest BCUT2D eigenvalue weighted by Gasteiger charge is -2.43. The van der Waals surface area contributed by atoms with Gasteiger partial charge in [0.15, 0.2) is 0 Å². The highest BCUT2D eigenvalue weighted by Crippen LogP contribution is 2.28. The van der Waals surface area contributed by atoms with Crippen LogP contribution >= 0.6 is 0 Å². The molecule has 0 aromatic heterocycles. The molecule has 17 heavy (non-hydrogen) atoms. The number of piperidine rings is 1. The first kappa shape index (κ1) is 12.8. The number of carbonyl (C=O) groups excluding carboxylic acids is 1. The van der Waals surface area contributed by atoms with Gasteiger partial charge in [-0.15, -0.1) is 0 Å². The molecule has 0 aromatic carbocycles. The van der Waals surface area contributed by atoms with Crippen molar-refractivity contribution in [2.45, 2.75) is 38.7 Å². The third-order valence-corrected chi connectivity index (χ3v) is 4.22. The number of aliphatic hydroxyl groups is 1. The predicted molar refractivity (Wildman–Crippen MR) is 66.6 cm³/mol. The monoisotopic (exact) mass is 240 g/mol. The lowest BCUT2D eigenvalue weighted by Crippen LogP contribution is -2.54. The van der Waals surface area contributed by atoms with Crippen molar-refractivity contribution in [3.63, 3.8) is 0 Å². The van der Waals surface area contributed by atoms with Crippen molar-refractivity contribution in [1.82, 2.24) is 10.2 Å². The highest BCUT2D eigenvalue weighted by molar-refractivity contribution is 5.78. The van der Waals surface area contributed by atoms with E-state index in [9.17, 15) is 9.90 Å². The summed E-state index contributed by atoms with van der Waals surface area (Å²) in [6.45, 7) is 7.80. The van der Waals surface area contributed by atoms with Crippen molar-refractivity contribution < 1.29 is 9.90 Å². The van der Waals surface area contributed by atoms with Crippen LogP contribution in [0.4, 0.5) is 0 Å². The summed E-state index contributed by atoms with van der Waals surface area (Å²) < 4.78 is 0. The first-order chi connectivity index (χ1) is 8.00. The zero-order chi connectivity index (χ0) is 12.5. The molecule has 4 nitrogen and oxygen atoms in total. The predicted octanol–water partition coefficient (Wildman–Crippen LogP) is 0.605. The van der Waals surface area contributed by atoms with Gasteiger partial charge in [-0.05, 0) is 37.8 Å². The fourth-order valence-corrected chi connectivity index (χ4v) is 2.60. The number of nitrogens with zero attached hydrogens (tertiary/aromatic N) is 1. The molecule has 0 saturated carbocycles. The third-order valence-electron chi connectivity index (χ3n) is 4.22. The fraction of sp³-hybridized carbons (Fsp3) is 0.923. The van der Waals surface area contributed by atoms with Crippen molar-refractivity contribution in [1.29, 1.82) is 0 Å². The molecular formula is C13H24N2O2. The number of hydrogen-bond acceptors (Lipinski definition) is 3. The van der Waals surface area contributed by atoms with E-state index >= 15 is 0 Å². The number of rotatable bonds is 3. The Labute approximate surface area is 103 Å². The highest BCUT2D eigenvalue weighted by atomic mass is 16.3. The molecule has 4 heteroatoms. The van der Waals surface area contributed by atoms with Crippen LogP contribution in [0.15, 0.2) is 0 Å². The van der Waals surface area contributed by atoms with E-state index in [4.69, 9.17) is 0 Å². The van der Waals surface area contributed by atoms with Gasteiger partial charge in [0.25, 0.3) is 0 Å². The quantitative estimate of drug-likeness (QED) is 0.760. The second-order valence-corrected chi connectivity index (χ2v) is 5.95. The summed E-state index contributed by atoms with van der Waals surface area (Å²) >= 11 is 0. The topological polar surface area (TPSA) is 52.6 Å². The first-order valence-electron chi connectivity index (χ1n) is 6.71. The van der Waals surface area contributed by atoms with Gasteiger partial charge < -0.3 is 15.3 Å². The summed E-state index contributed by atoms with van der Waals surface area (Å²) in [5.74, 6) is 1.44. The van der Waals surface area contributed by atoms with Crippen LogP contribution in [0.5, 0.6) is 0 Å². The molecule has 2 fully saturated rings. The summed E-state index contributed by atoms with van der Waals surface area (Å²) in [5.41, 5.74) is -0.759. The van der Waals surface area contributed by atoms with Crippen LogP contribution in [0.1, 0.15) is 33.1 Å². The lowest BCUT2D eigenvalue weighted by atomic mass is 9.85. The van der Waals surface area contributed by atoms with Gasteiger partial charge in [-0.3, -0.25) is 4.79 Å². The molecule has 2 saturated heterocycles. The maximum absolute atomic E-state index is 12.0. The van der Waals surface area contributed by atoms with Crippen LogP contribution in [-0.2, 0) is 4.79 Å². The van der Waals surface area contributed by atoms with E-state index < -0.39 is 5.60 Å². The summed E-state index contributed by atoms with van der Waals surface area (Å²) in [6.07, 6.45) is 1.69. The molecule has 2 heterocycles. The van der Waals surface area contributed by atoms with Crippen LogP contribution in [0.2, 0.25) is 0 Å². The normalized spacial score (nSPS) is 24.8. The van der Waals surface area contributed by atoms with E-state index in [0.717, 1.165) is 26.2 Å². The van der Waals surface area contributed by atoms with Gasteiger partial charge in [-0.2, -0.15) is 0 Å². The smallest absolute Gasteiger partial charge is 0.225 e. The third kappa shape index (κ3) is 2.99. The number of nitrogens with one attached hydrogen (secondary N) is 1. The van der Waals surface area contributed by atoms with Crippen molar-refractivity contribution in [2.75, 3.05) is 26.2 Å². The molecule has 2 aliphatic heterocycles. The molecule has 0 atom stereocenters. The van der Waals surface area contributed by atoms with Crippen molar-refractivity contribution >= 4 is 5.91 Å². The summed E-state index contributed by atoms with van der Waals surface area (Å²) in [4.78, 5) is 13.9. The number of likely N-dealkylation sites (tertiary alicyclic amines) is 1.